The highest BCUT2D eigenvalue weighted by atomic mass is 32.1. The van der Waals surface area contributed by atoms with E-state index in [0.717, 1.165) is 30.2 Å². The van der Waals surface area contributed by atoms with Crippen molar-refractivity contribution < 1.29 is 4.79 Å². The van der Waals surface area contributed by atoms with Crippen LogP contribution < -0.4 is 5.32 Å². The van der Waals surface area contributed by atoms with E-state index in [0.29, 0.717) is 17.9 Å². The summed E-state index contributed by atoms with van der Waals surface area (Å²) in [6, 6.07) is 4.24. The number of aromatic nitrogens is 2. The molecule has 1 aliphatic carbocycles. The summed E-state index contributed by atoms with van der Waals surface area (Å²) in [5.74, 6) is 2.14. The van der Waals surface area contributed by atoms with Crippen LogP contribution in [0.3, 0.4) is 0 Å². The van der Waals surface area contributed by atoms with Crippen LogP contribution in [-0.2, 0) is 0 Å². The van der Waals surface area contributed by atoms with E-state index in [1.54, 1.807) is 18.6 Å². The van der Waals surface area contributed by atoms with Gasteiger partial charge < -0.3 is 10.2 Å². The van der Waals surface area contributed by atoms with E-state index >= 15 is 0 Å². The molecular formula is C16H18N4OS. The Morgan fingerprint density at radius 3 is 3.05 bits per heavy atom. The number of nitrogens with one attached hydrogen (secondary N) is 1. The Hall–Kier alpha value is -1.95. The second-order valence-electron chi connectivity index (χ2n) is 6.03. The third-order valence-electron chi connectivity index (χ3n) is 4.77. The minimum absolute atomic E-state index is 0.183. The molecule has 2 aromatic rings. The fourth-order valence-electron chi connectivity index (χ4n) is 3.73. The lowest BCUT2D eigenvalue weighted by Gasteiger charge is -2.21. The molecule has 4 rings (SSSR count). The third-order valence-corrected chi connectivity index (χ3v) is 5.63. The van der Waals surface area contributed by atoms with E-state index in [2.05, 4.69) is 15.3 Å². The summed E-state index contributed by atoms with van der Waals surface area (Å²) in [7, 11) is 0. The molecule has 5 nitrogen and oxygen atoms in total. The second kappa shape index (κ2) is 5.68. The lowest BCUT2D eigenvalue weighted by Crippen LogP contribution is -2.33. The smallest absolute Gasteiger partial charge is 0.263 e. The average Bonchev–Trinajstić information content (AvgIpc) is 3.26. The zero-order valence-electron chi connectivity index (χ0n) is 12.2. The number of likely N-dealkylation sites (tertiary alicyclic amines) is 1. The molecule has 3 heterocycles. The van der Waals surface area contributed by atoms with E-state index in [1.807, 2.05) is 22.4 Å². The minimum Gasteiger partial charge on any atom is -0.366 e. The van der Waals surface area contributed by atoms with E-state index < -0.39 is 0 Å². The van der Waals surface area contributed by atoms with Crippen molar-refractivity contribution in [1.29, 1.82) is 0 Å². The van der Waals surface area contributed by atoms with Gasteiger partial charge >= 0.3 is 0 Å². The van der Waals surface area contributed by atoms with Gasteiger partial charge in [-0.1, -0.05) is 6.07 Å². The van der Waals surface area contributed by atoms with Crippen molar-refractivity contribution in [3.8, 4) is 0 Å². The molecule has 1 N–H and O–H groups in total. The summed E-state index contributed by atoms with van der Waals surface area (Å²) < 4.78 is 0. The van der Waals surface area contributed by atoms with Crippen molar-refractivity contribution >= 4 is 23.1 Å². The van der Waals surface area contributed by atoms with Crippen LogP contribution in [-0.4, -0.2) is 39.9 Å². The molecule has 2 aliphatic rings. The highest BCUT2D eigenvalue weighted by Gasteiger charge is 2.44. The van der Waals surface area contributed by atoms with Crippen LogP contribution in [0.4, 0.5) is 5.82 Å². The standard InChI is InChI=1S/C16H18N4OS/c21-16(14-2-1-7-22-14)20-9-11-3-4-13(12(11)10-20)19-15-8-17-5-6-18-15/h1-2,5-8,11-13H,3-4,9-10H2,(H,18,19)/t11-,12+,13-/m1/s1. The van der Waals surface area contributed by atoms with Crippen LogP contribution in [0.25, 0.3) is 0 Å². The summed E-state index contributed by atoms with van der Waals surface area (Å²) in [6.07, 6.45) is 7.47. The monoisotopic (exact) mass is 314 g/mol. The Bertz CT molecular complexity index is 645. The minimum atomic E-state index is 0.183. The van der Waals surface area contributed by atoms with E-state index in [9.17, 15) is 4.79 Å². The normalized spacial score (nSPS) is 26.9. The lowest BCUT2D eigenvalue weighted by atomic mass is 9.98. The molecule has 2 fully saturated rings. The molecule has 0 aromatic carbocycles. The van der Waals surface area contributed by atoms with Gasteiger partial charge in [-0.05, 0) is 30.2 Å². The summed E-state index contributed by atoms with van der Waals surface area (Å²) in [5, 5.41) is 5.46. The van der Waals surface area contributed by atoms with Gasteiger partial charge in [-0.15, -0.1) is 11.3 Å². The number of hydrogen-bond donors (Lipinski definition) is 1. The van der Waals surface area contributed by atoms with Crippen LogP contribution in [0, 0.1) is 11.8 Å². The van der Waals surface area contributed by atoms with Crippen molar-refractivity contribution in [2.24, 2.45) is 11.8 Å². The summed E-state index contributed by atoms with van der Waals surface area (Å²) >= 11 is 1.52. The number of anilines is 1. The van der Waals surface area contributed by atoms with Crippen LogP contribution >= 0.6 is 11.3 Å². The maximum atomic E-state index is 12.5. The first-order chi connectivity index (χ1) is 10.8. The van der Waals surface area contributed by atoms with Gasteiger partial charge in [0.15, 0.2) is 0 Å². The number of fused-ring (bicyclic) bond motifs is 1. The molecule has 1 aliphatic heterocycles. The lowest BCUT2D eigenvalue weighted by molar-refractivity contribution is 0.0785. The molecule has 114 valence electrons. The van der Waals surface area contributed by atoms with Gasteiger partial charge in [0.2, 0.25) is 0 Å². The maximum Gasteiger partial charge on any atom is 0.263 e. The molecule has 0 unspecified atom stereocenters. The molecule has 1 saturated heterocycles. The zero-order valence-corrected chi connectivity index (χ0v) is 13.0. The largest absolute Gasteiger partial charge is 0.366 e. The Morgan fingerprint density at radius 2 is 2.27 bits per heavy atom. The molecule has 22 heavy (non-hydrogen) atoms. The molecule has 0 spiro atoms. The maximum absolute atomic E-state index is 12.5. The van der Waals surface area contributed by atoms with Crippen LogP contribution in [0.5, 0.6) is 0 Å². The SMILES string of the molecule is O=C(c1cccs1)N1C[C@H]2CC[C@@H](Nc3cnccn3)[C@H]2C1. The van der Waals surface area contributed by atoms with E-state index in [-0.39, 0.29) is 5.91 Å². The molecule has 3 atom stereocenters. The Labute approximate surface area is 133 Å². The van der Waals surface area contributed by atoms with Crippen molar-refractivity contribution in [2.75, 3.05) is 18.4 Å². The first-order valence-electron chi connectivity index (χ1n) is 7.66. The number of carbonyl (C=O) groups excluding carboxylic acids is 1. The predicted octanol–water partition coefficient (Wildman–Crippen LogP) is 2.50. The van der Waals surface area contributed by atoms with Gasteiger partial charge in [0.05, 0.1) is 11.1 Å². The fourth-order valence-corrected chi connectivity index (χ4v) is 4.42. The third kappa shape index (κ3) is 2.47. The van der Waals surface area contributed by atoms with E-state index in [1.165, 1.54) is 17.8 Å². The quantitative estimate of drug-likeness (QED) is 0.945. The van der Waals surface area contributed by atoms with Gasteiger partial charge in [0, 0.05) is 37.4 Å². The number of carbonyl (C=O) groups is 1. The Morgan fingerprint density at radius 1 is 1.32 bits per heavy atom. The fraction of sp³-hybridized carbons (Fsp3) is 0.438. The van der Waals surface area contributed by atoms with Crippen molar-refractivity contribution in [3.63, 3.8) is 0 Å². The van der Waals surface area contributed by atoms with Crippen LogP contribution in [0.15, 0.2) is 36.1 Å². The Kier molecular flexibility index (Phi) is 3.54. The van der Waals surface area contributed by atoms with Gasteiger partial charge in [-0.25, -0.2) is 4.98 Å². The van der Waals surface area contributed by atoms with E-state index in [4.69, 9.17) is 0 Å². The van der Waals surface area contributed by atoms with Crippen LogP contribution in [0.1, 0.15) is 22.5 Å². The van der Waals surface area contributed by atoms with Gasteiger partial charge in [-0.2, -0.15) is 0 Å². The van der Waals surface area contributed by atoms with Gasteiger partial charge in [-0.3, -0.25) is 9.78 Å². The summed E-state index contributed by atoms with van der Waals surface area (Å²) in [5.41, 5.74) is 0. The van der Waals surface area contributed by atoms with Crippen molar-refractivity contribution in [3.05, 3.63) is 41.0 Å². The predicted molar refractivity (Wildman–Crippen MR) is 85.9 cm³/mol. The molecule has 1 amide bonds. The van der Waals surface area contributed by atoms with Crippen molar-refractivity contribution in [2.45, 2.75) is 18.9 Å². The number of nitrogens with zero attached hydrogens (tertiary/aromatic N) is 3. The highest BCUT2D eigenvalue weighted by molar-refractivity contribution is 7.12. The first kappa shape index (κ1) is 13.7. The van der Waals surface area contributed by atoms with Crippen molar-refractivity contribution in [1.82, 2.24) is 14.9 Å². The molecule has 1 saturated carbocycles. The zero-order chi connectivity index (χ0) is 14.9. The molecule has 6 heteroatoms. The second-order valence-corrected chi connectivity index (χ2v) is 6.98. The molecule has 0 radical (unpaired) electrons. The number of thiophene rings is 1. The molecular weight excluding hydrogens is 296 g/mol. The molecule has 2 aromatic heterocycles. The average molecular weight is 314 g/mol. The highest BCUT2D eigenvalue weighted by Crippen LogP contribution is 2.39. The van der Waals surface area contributed by atoms with Crippen LogP contribution in [0.2, 0.25) is 0 Å². The summed E-state index contributed by atoms with van der Waals surface area (Å²) in [6.45, 7) is 1.74. The molecule has 0 bridgehead atoms. The number of amides is 1. The van der Waals surface area contributed by atoms with Gasteiger partial charge in [0.25, 0.3) is 5.91 Å². The Balaban J connectivity index is 1.44. The topological polar surface area (TPSA) is 58.1 Å². The summed E-state index contributed by atoms with van der Waals surface area (Å²) in [4.78, 5) is 23.8. The number of hydrogen-bond acceptors (Lipinski definition) is 5. The van der Waals surface area contributed by atoms with Gasteiger partial charge in [0.1, 0.15) is 5.82 Å². The number of rotatable bonds is 3. The first-order valence-corrected chi connectivity index (χ1v) is 8.54.